The summed E-state index contributed by atoms with van der Waals surface area (Å²) >= 11 is 3.41. The first-order chi connectivity index (χ1) is 14.1. The monoisotopic (exact) mass is 452 g/mol. The first-order valence-corrected chi connectivity index (χ1v) is 10.5. The van der Waals surface area contributed by atoms with Crippen molar-refractivity contribution in [2.75, 3.05) is 0 Å². The van der Waals surface area contributed by atoms with Crippen LogP contribution < -0.4 is 0 Å². The molecule has 4 rings (SSSR count). The topological polar surface area (TPSA) is 52.6 Å². The van der Waals surface area contributed by atoms with Crippen molar-refractivity contribution in [3.05, 3.63) is 82.5 Å². The largest absolute Gasteiger partial charge is 0.496 e. The second-order valence-corrected chi connectivity index (χ2v) is 8.22. The average Bonchev–Trinajstić information content (AvgIpc) is 2.74. The summed E-state index contributed by atoms with van der Waals surface area (Å²) in [6.07, 6.45) is 6.11. The van der Waals surface area contributed by atoms with Crippen LogP contribution in [0.4, 0.5) is 0 Å². The number of benzene rings is 2. The Morgan fingerprint density at radius 3 is 2.59 bits per heavy atom. The maximum absolute atomic E-state index is 13.0. The number of Topliss-reactive ketones (excluding diaryl/α,β-unsaturated/α-hetero) is 1. The quantitative estimate of drug-likeness (QED) is 0.473. The summed E-state index contributed by atoms with van der Waals surface area (Å²) in [5.41, 5.74) is 2.41. The van der Waals surface area contributed by atoms with Gasteiger partial charge in [-0.2, -0.15) is 0 Å². The van der Waals surface area contributed by atoms with Crippen molar-refractivity contribution in [1.29, 1.82) is 0 Å². The fourth-order valence-corrected chi connectivity index (χ4v) is 4.10. The number of hydrogen-bond acceptors (Lipinski definition) is 4. The Labute approximate surface area is 178 Å². The molecule has 0 N–H and O–H groups in total. The standard InChI is InChI=1S/C24H21BrO4/c25-18-9-7-17(8-10-18)21-15-28-22-14-19(11-12-20(22)24(21)27)29-23(26)13-6-16-4-2-1-3-5-16/h1-10,13,15,19-20,22H,11-12,14H2/b13-6+. The van der Waals surface area contributed by atoms with Crippen molar-refractivity contribution in [3.63, 3.8) is 0 Å². The molecule has 2 aromatic carbocycles. The van der Waals surface area contributed by atoms with Gasteiger partial charge in [-0.3, -0.25) is 4.79 Å². The van der Waals surface area contributed by atoms with Gasteiger partial charge < -0.3 is 9.47 Å². The number of ether oxygens (including phenoxy) is 2. The molecule has 1 aliphatic heterocycles. The van der Waals surface area contributed by atoms with Gasteiger partial charge in [-0.15, -0.1) is 0 Å². The highest BCUT2D eigenvalue weighted by Gasteiger charge is 2.41. The molecule has 1 aliphatic carbocycles. The highest BCUT2D eigenvalue weighted by atomic mass is 79.9. The predicted octanol–water partition coefficient (Wildman–Crippen LogP) is 5.18. The Kier molecular flexibility index (Phi) is 5.95. The van der Waals surface area contributed by atoms with Crippen LogP contribution in [0.15, 0.2) is 71.4 Å². The van der Waals surface area contributed by atoms with Crippen LogP contribution in [0.1, 0.15) is 30.4 Å². The van der Waals surface area contributed by atoms with Gasteiger partial charge in [0.15, 0.2) is 5.78 Å². The van der Waals surface area contributed by atoms with Crippen LogP contribution >= 0.6 is 15.9 Å². The van der Waals surface area contributed by atoms with Crippen molar-refractivity contribution in [2.24, 2.45) is 5.92 Å². The summed E-state index contributed by atoms with van der Waals surface area (Å²) in [5, 5.41) is 0. The van der Waals surface area contributed by atoms with Gasteiger partial charge in [0.05, 0.1) is 17.8 Å². The predicted molar refractivity (Wildman–Crippen MR) is 115 cm³/mol. The first kappa shape index (κ1) is 19.6. The zero-order chi connectivity index (χ0) is 20.2. The summed E-state index contributed by atoms with van der Waals surface area (Å²) in [4.78, 5) is 25.1. The second-order valence-electron chi connectivity index (χ2n) is 7.30. The molecule has 2 aliphatic rings. The molecule has 2 aromatic rings. The van der Waals surface area contributed by atoms with E-state index in [2.05, 4.69) is 15.9 Å². The second kappa shape index (κ2) is 8.78. The van der Waals surface area contributed by atoms with E-state index < -0.39 is 0 Å². The van der Waals surface area contributed by atoms with Crippen LogP contribution in [0, 0.1) is 5.92 Å². The van der Waals surface area contributed by atoms with E-state index in [9.17, 15) is 9.59 Å². The zero-order valence-electron chi connectivity index (χ0n) is 15.8. The van der Waals surface area contributed by atoms with Gasteiger partial charge >= 0.3 is 5.97 Å². The summed E-state index contributed by atoms with van der Waals surface area (Å²) in [6, 6.07) is 17.2. The van der Waals surface area contributed by atoms with E-state index in [1.807, 2.05) is 54.6 Å². The molecule has 1 heterocycles. The molecule has 3 unspecified atom stereocenters. The molecule has 0 bridgehead atoms. The van der Waals surface area contributed by atoms with E-state index in [1.54, 1.807) is 12.3 Å². The van der Waals surface area contributed by atoms with Crippen molar-refractivity contribution in [3.8, 4) is 0 Å². The maximum Gasteiger partial charge on any atom is 0.331 e. The Hall–Kier alpha value is -2.66. The summed E-state index contributed by atoms with van der Waals surface area (Å²) < 4.78 is 12.4. The first-order valence-electron chi connectivity index (χ1n) is 9.69. The fourth-order valence-electron chi connectivity index (χ4n) is 3.83. The minimum absolute atomic E-state index is 0.109. The third kappa shape index (κ3) is 4.67. The molecule has 0 saturated heterocycles. The minimum atomic E-state index is -0.370. The van der Waals surface area contributed by atoms with Gasteiger partial charge in [-0.25, -0.2) is 4.79 Å². The molecule has 0 radical (unpaired) electrons. The van der Waals surface area contributed by atoms with Crippen LogP contribution in [-0.4, -0.2) is 24.0 Å². The summed E-state index contributed by atoms with van der Waals surface area (Å²) in [6.45, 7) is 0. The highest BCUT2D eigenvalue weighted by Crippen LogP contribution is 2.37. The Bertz CT molecular complexity index is 947. The van der Waals surface area contributed by atoms with Crippen molar-refractivity contribution in [1.82, 2.24) is 0 Å². The lowest BCUT2D eigenvalue weighted by Gasteiger charge is -2.37. The fraction of sp³-hybridized carbons (Fsp3) is 0.250. The van der Waals surface area contributed by atoms with Gasteiger partial charge in [0.1, 0.15) is 12.2 Å². The van der Waals surface area contributed by atoms with Gasteiger partial charge in [-0.05, 0) is 42.2 Å². The van der Waals surface area contributed by atoms with E-state index >= 15 is 0 Å². The van der Waals surface area contributed by atoms with Gasteiger partial charge in [0, 0.05) is 17.0 Å². The molecule has 1 saturated carbocycles. The van der Waals surface area contributed by atoms with E-state index in [1.165, 1.54) is 6.08 Å². The zero-order valence-corrected chi connectivity index (χ0v) is 17.4. The number of carbonyl (C=O) groups is 2. The molecule has 5 heteroatoms. The van der Waals surface area contributed by atoms with Crippen LogP contribution in [0.2, 0.25) is 0 Å². The number of hydrogen-bond donors (Lipinski definition) is 0. The van der Waals surface area contributed by atoms with E-state index in [0.717, 1.165) is 15.6 Å². The molecule has 0 aromatic heterocycles. The Balaban J connectivity index is 1.37. The lowest BCUT2D eigenvalue weighted by atomic mass is 9.78. The molecular formula is C24H21BrO4. The molecule has 0 spiro atoms. The van der Waals surface area contributed by atoms with Crippen molar-refractivity contribution < 1.29 is 19.1 Å². The van der Waals surface area contributed by atoms with Gasteiger partial charge in [0.25, 0.3) is 0 Å². The SMILES string of the molecule is O=C(/C=C/c1ccccc1)OC1CCC2C(=O)C(c3ccc(Br)cc3)=COC2C1. The molecule has 148 valence electrons. The number of rotatable bonds is 4. The average molecular weight is 453 g/mol. The van der Waals surface area contributed by atoms with Gasteiger partial charge in [-0.1, -0.05) is 58.4 Å². The van der Waals surface area contributed by atoms with E-state index in [0.29, 0.717) is 24.8 Å². The molecule has 29 heavy (non-hydrogen) atoms. The van der Waals surface area contributed by atoms with E-state index in [4.69, 9.17) is 9.47 Å². The van der Waals surface area contributed by atoms with E-state index in [-0.39, 0.29) is 29.9 Å². The molecule has 0 amide bonds. The highest BCUT2D eigenvalue weighted by molar-refractivity contribution is 9.10. The number of allylic oxidation sites excluding steroid dienone is 1. The summed E-state index contributed by atoms with van der Waals surface area (Å²) in [5.74, 6) is -0.448. The van der Waals surface area contributed by atoms with Crippen molar-refractivity contribution in [2.45, 2.75) is 31.5 Å². The summed E-state index contributed by atoms with van der Waals surface area (Å²) in [7, 11) is 0. The number of fused-ring (bicyclic) bond motifs is 1. The Morgan fingerprint density at radius 1 is 1.07 bits per heavy atom. The van der Waals surface area contributed by atoms with Crippen LogP contribution in [0.25, 0.3) is 11.6 Å². The lowest BCUT2D eigenvalue weighted by Crippen LogP contribution is -2.41. The molecule has 4 nitrogen and oxygen atoms in total. The number of ketones is 1. The van der Waals surface area contributed by atoms with Crippen LogP contribution in [0.5, 0.6) is 0 Å². The smallest absolute Gasteiger partial charge is 0.331 e. The lowest BCUT2D eigenvalue weighted by molar-refractivity contribution is -0.148. The minimum Gasteiger partial charge on any atom is -0.496 e. The molecule has 1 fully saturated rings. The van der Waals surface area contributed by atoms with Crippen molar-refractivity contribution >= 4 is 39.3 Å². The van der Waals surface area contributed by atoms with Crippen LogP contribution in [0.3, 0.4) is 0 Å². The number of esters is 1. The normalized spacial score (nSPS) is 23.8. The Morgan fingerprint density at radius 2 is 1.83 bits per heavy atom. The molecule has 3 atom stereocenters. The van der Waals surface area contributed by atoms with Crippen LogP contribution in [-0.2, 0) is 19.1 Å². The third-order valence-corrected chi connectivity index (χ3v) is 5.88. The number of carbonyl (C=O) groups excluding carboxylic acids is 2. The maximum atomic E-state index is 13.0. The third-order valence-electron chi connectivity index (χ3n) is 5.36. The number of halogens is 1. The molecular weight excluding hydrogens is 432 g/mol. The van der Waals surface area contributed by atoms with Gasteiger partial charge in [0.2, 0.25) is 0 Å².